The number of nitrogens with zero attached hydrogens (tertiary/aromatic N) is 1. The van der Waals surface area contributed by atoms with E-state index in [9.17, 15) is 9.59 Å². The zero-order valence-corrected chi connectivity index (χ0v) is 9.20. The molecule has 5 nitrogen and oxygen atoms in total. The van der Waals surface area contributed by atoms with Crippen LogP contribution in [0.25, 0.3) is 0 Å². The summed E-state index contributed by atoms with van der Waals surface area (Å²) in [6, 6.07) is 5.18. The Kier molecular flexibility index (Phi) is 2.52. The molecule has 0 spiro atoms. The maximum Gasteiger partial charge on any atom is 0.253 e. The lowest BCUT2D eigenvalue weighted by atomic mass is 10.1. The number of hydrogen-bond donors (Lipinski definition) is 2. The van der Waals surface area contributed by atoms with Crippen LogP contribution in [0.1, 0.15) is 10.4 Å². The van der Waals surface area contributed by atoms with Gasteiger partial charge in [0.15, 0.2) is 0 Å². The summed E-state index contributed by atoms with van der Waals surface area (Å²) in [4.78, 5) is 24.3. The average molecular weight is 219 g/mol. The Hall–Kier alpha value is -2.04. The number of nitrogens with one attached hydrogen (secondary N) is 2. The lowest BCUT2D eigenvalue weighted by Crippen LogP contribution is -2.28. The summed E-state index contributed by atoms with van der Waals surface area (Å²) in [6.45, 7) is 0.243. The second kappa shape index (κ2) is 3.84. The van der Waals surface area contributed by atoms with Crippen molar-refractivity contribution in [2.45, 2.75) is 0 Å². The summed E-state index contributed by atoms with van der Waals surface area (Å²) in [5, 5.41) is 5.69. The van der Waals surface area contributed by atoms with E-state index in [1.54, 1.807) is 32.3 Å². The van der Waals surface area contributed by atoms with Gasteiger partial charge in [-0.3, -0.25) is 9.59 Å². The number of rotatable bonds is 1. The molecule has 2 rings (SSSR count). The van der Waals surface area contributed by atoms with Gasteiger partial charge in [-0.05, 0) is 18.2 Å². The van der Waals surface area contributed by atoms with Crippen molar-refractivity contribution in [2.75, 3.05) is 31.3 Å². The first-order chi connectivity index (χ1) is 7.58. The zero-order chi connectivity index (χ0) is 11.7. The fraction of sp³-hybridized carbons (Fsp3) is 0.273. The minimum absolute atomic E-state index is 0.0542. The predicted octanol–water partition coefficient (Wildman–Crippen LogP) is 0.752. The smallest absolute Gasteiger partial charge is 0.253 e. The third-order valence-corrected chi connectivity index (χ3v) is 2.39. The van der Waals surface area contributed by atoms with Crippen LogP contribution in [-0.2, 0) is 4.79 Å². The largest absolute Gasteiger partial charge is 0.374 e. The molecule has 84 valence electrons. The van der Waals surface area contributed by atoms with Crippen LogP contribution in [0.15, 0.2) is 18.2 Å². The highest BCUT2D eigenvalue weighted by Gasteiger charge is 2.16. The molecule has 0 fully saturated rings. The lowest BCUT2D eigenvalue weighted by molar-refractivity contribution is -0.114. The fourth-order valence-corrected chi connectivity index (χ4v) is 1.56. The first-order valence-corrected chi connectivity index (χ1v) is 4.97. The molecule has 16 heavy (non-hydrogen) atoms. The van der Waals surface area contributed by atoms with Crippen LogP contribution in [0, 0.1) is 0 Å². The van der Waals surface area contributed by atoms with E-state index in [2.05, 4.69) is 10.6 Å². The van der Waals surface area contributed by atoms with Crippen molar-refractivity contribution in [3.63, 3.8) is 0 Å². The molecule has 0 radical (unpaired) electrons. The molecule has 5 heteroatoms. The van der Waals surface area contributed by atoms with Crippen LogP contribution < -0.4 is 10.6 Å². The normalized spacial score (nSPS) is 13.5. The van der Waals surface area contributed by atoms with Crippen molar-refractivity contribution in [1.29, 1.82) is 0 Å². The Bertz CT molecular complexity index is 455. The van der Waals surface area contributed by atoms with Crippen LogP contribution >= 0.6 is 0 Å². The van der Waals surface area contributed by atoms with E-state index in [0.717, 1.165) is 5.69 Å². The molecule has 1 aliphatic rings. The highest BCUT2D eigenvalue weighted by atomic mass is 16.2. The van der Waals surface area contributed by atoms with Crippen molar-refractivity contribution < 1.29 is 9.59 Å². The van der Waals surface area contributed by atoms with Gasteiger partial charge >= 0.3 is 0 Å². The number of anilines is 2. The zero-order valence-electron chi connectivity index (χ0n) is 9.20. The molecule has 0 aromatic heterocycles. The third kappa shape index (κ3) is 1.84. The molecule has 0 bridgehead atoms. The van der Waals surface area contributed by atoms with Gasteiger partial charge in [-0.2, -0.15) is 0 Å². The second-order valence-electron chi connectivity index (χ2n) is 3.86. The molecule has 0 saturated carbocycles. The number of amides is 2. The van der Waals surface area contributed by atoms with Gasteiger partial charge in [-0.15, -0.1) is 0 Å². The number of carbonyl (C=O) groups is 2. The minimum Gasteiger partial charge on any atom is -0.374 e. The van der Waals surface area contributed by atoms with Gasteiger partial charge in [0, 0.05) is 19.7 Å². The number of carbonyl (C=O) groups excluding carboxylic acids is 2. The molecule has 1 aromatic carbocycles. The van der Waals surface area contributed by atoms with Crippen molar-refractivity contribution in [2.24, 2.45) is 0 Å². The predicted molar refractivity (Wildman–Crippen MR) is 61.6 cm³/mol. The Labute approximate surface area is 93.4 Å². The second-order valence-corrected chi connectivity index (χ2v) is 3.86. The number of fused-ring (bicyclic) bond motifs is 1. The molecule has 2 amide bonds. The topological polar surface area (TPSA) is 61.4 Å². The fourth-order valence-electron chi connectivity index (χ4n) is 1.56. The molecule has 1 aliphatic heterocycles. The molecule has 1 heterocycles. The molecule has 2 N–H and O–H groups in total. The summed E-state index contributed by atoms with van der Waals surface area (Å²) in [6.07, 6.45) is 0. The minimum atomic E-state index is -0.0702. The van der Waals surface area contributed by atoms with E-state index in [0.29, 0.717) is 11.3 Å². The lowest BCUT2D eigenvalue weighted by Gasteiger charge is -2.20. The highest BCUT2D eigenvalue weighted by Crippen LogP contribution is 2.25. The van der Waals surface area contributed by atoms with E-state index in [1.165, 1.54) is 4.90 Å². The highest BCUT2D eigenvalue weighted by molar-refractivity contribution is 6.03. The summed E-state index contributed by atoms with van der Waals surface area (Å²) in [5.74, 6) is -0.124. The molecule has 1 aromatic rings. The summed E-state index contributed by atoms with van der Waals surface area (Å²) >= 11 is 0. The first kappa shape index (κ1) is 10.5. The van der Waals surface area contributed by atoms with Gasteiger partial charge in [0.05, 0.1) is 17.9 Å². The molecular formula is C11H13N3O2. The van der Waals surface area contributed by atoms with Gasteiger partial charge in [0.2, 0.25) is 5.91 Å². The van der Waals surface area contributed by atoms with E-state index in [4.69, 9.17) is 0 Å². The summed E-state index contributed by atoms with van der Waals surface area (Å²) < 4.78 is 0. The van der Waals surface area contributed by atoms with E-state index >= 15 is 0 Å². The molecule has 0 unspecified atom stereocenters. The van der Waals surface area contributed by atoms with E-state index < -0.39 is 0 Å². The van der Waals surface area contributed by atoms with Crippen LogP contribution in [0.2, 0.25) is 0 Å². The first-order valence-electron chi connectivity index (χ1n) is 4.97. The van der Waals surface area contributed by atoms with Crippen LogP contribution in [0.3, 0.4) is 0 Å². The monoisotopic (exact) mass is 219 g/mol. The number of hydrogen-bond acceptors (Lipinski definition) is 3. The van der Waals surface area contributed by atoms with Gasteiger partial charge in [0.1, 0.15) is 0 Å². The van der Waals surface area contributed by atoms with Crippen molar-refractivity contribution in [3.8, 4) is 0 Å². The van der Waals surface area contributed by atoms with Crippen LogP contribution in [0.5, 0.6) is 0 Å². The van der Waals surface area contributed by atoms with Crippen molar-refractivity contribution in [1.82, 2.24) is 4.90 Å². The van der Waals surface area contributed by atoms with Crippen molar-refractivity contribution >= 4 is 23.2 Å². The Balaban J connectivity index is 2.33. The van der Waals surface area contributed by atoms with Gasteiger partial charge in [-0.1, -0.05) is 0 Å². The van der Waals surface area contributed by atoms with E-state index in [-0.39, 0.29) is 18.4 Å². The SMILES string of the molecule is CN(C)C(=O)c1ccc2c(c1)NCC(=O)N2. The average Bonchev–Trinajstić information content (AvgIpc) is 2.27. The van der Waals surface area contributed by atoms with Gasteiger partial charge in [-0.25, -0.2) is 0 Å². The van der Waals surface area contributed by atoms with Gasteiger partial charge < -0.3 is 15.5 Å². The summed E-state index contributed by atoms with van der Waals surface area (Å²) in [5.41, 5.74) is 2.10. The molecule has 0 atom stereocenters. The maximum absolute atomic E-state index is 11.7. The molecule has 0 saturated heterocycles. The van der Waals surface area contributed by atoms with Crippen LogP contribution in [0.4, 0.5) is 11.4 Å². The standard InChI is InChI=1S/C11H13N3O2/c1-14(2)11(16)7-3-4-8-9(5-7)12-6-10(15)13-8/h3-5,12H,6H2,1-2H3,(H,13,15). The Morgan fingerprint density at radius 2 is 2.06 bits per heavy atom. The third-order valence-electron chi connectivity index (χ3n) is 2.39. The Morgan fingerprint density at radius 3 is 2.75 bits per heavy atom. The maximum atomic E-state index is 11.7. The van der Waals surface area contributed by atoms with Crippen LogP contribution in [-0.4, -0.2) is 37.4 Å². The molecule has 0 aliphatic carbocycles. The summed E-state index contributed by atoms with van der Waals surface area (Å²) in [7, 11) is 3.41. The molecular weight excluding hydrogens is 206 g/mol. The van der Waals surface area contributed by atoms with Gasteiger partial charge in [0.25, 0.3) is 5.91 Å². The Morgan fingerprint density at radius 1 is 1.31 bits per heavy atom. The van der Waals surface area contributed by atoms with E-state index in [1.807, 2.05) is 0 Å². The van der Waals surface area contributed by atoms with Crippen molar-refractivity contribution in [3.05, 3.63) is 23.8 Å². The quantitative estimate of drug-likeness (QED) is 0.732. The number of benzene rings is 1.